The molecule has 12 heteroatoms. The number of carbonyl (C=O) groups is 1. The first kappa shape index (κ1) is 21.3. The van der Waals surface area contributed by atoms with E-state index in [1.54, 1.807) is 13.3 Å². The molecule has 5 heterocycles. The summed E-state index contributed by atoms with van der Waals surface area (Å²) in [6.45, 7) is 0.505. The summed E-state index contributed by atoms with van der Waals surface area (Å²) in [5, 5.41) is 9.89. The first-order valence-electron chi connectivity index (χ1n) is 10.1. The van der Waals surface area contributed by atoms with E-state index in [-0.39, 0.29) is 24.9 Å². The van der Waals surface area contributed by atoms with Crippen LogP contribution < -0.4 is 4.74 Å². The number of nitrogens with zero attached hydrogens (tertiary/aromatic N) is 7. The molecule has 170 valence electrons. The van der Waals surface area contributed by atoms with E-state index in [1.165, 1.54) is 39.1 Å². The average molecular weight is 474 g/mol. The van der Waals surface area contributed by atoms with Crippen molar-refractivity contribution in [3.63, 3.8) is 0 Å². The summed E-state index contributed by atoms with van der Waals surface area (Å²) in [5.74, 6) is -1.09. The molecule has 1 atom stereocenters. The molecule has 0 aliphatic carbocycles. The summed E-state index contributed by atoms with van der Waals surface area (Å²) in [4.78, 5) is 22.4. The molecule has 2 aliphatic rings. The van der Waals surface area contributed by atoms with E-state index in [9.17, 15) is 13.6 Å². The summed E-state index contributed by atoms with van der Waals surface area (Å²) in [5.41, 5.74) is 1.52. The van der Waals surface area contributed by atoms with Gasteiger partial charge in [-0.3, -0.25) is 14.6 Å². The lowest BCUT2D eigenvalue weighted by Crippen LogP contribution is -2.58. The van der Waals surface area contributed by atoms with Crippen LogP contribution in [0.1, 0.15) is 18.0 Å². The maximum atomic E-state index is 14.3. The third-order valence-electron chi connectivity index (χ3n) is 5.51. The Hall–Kier alpha value is -3.60. The van der Waals surface area contributed by atoms with E-state index >= 15 is 0 Å². The van der Waals surface area contributed by atoms with Gasteiger partial charge in [-0.1, -0.05) is 11.6 Å². The van der Waals surface area contributed by atoms with Gasteiger partial charge in [-0.05, 0) is 11.6 Å². The first-order valence-corrected chi connectivity index (χ1v) is 10.5. The molecule has 0 saturated carbocycles. The Labute approximate surface area is 192 Å². The van der Waals surface area contributed by atoms with Crippen molar-refractivity contribution in [1.29, 1.82) is 0 Å². The number of hydrogen-bond donors (Lipinski definition) is 0. The second kappa shape index (κ2) is 8.39. The van der Waals surface area contributed by atoms with Gasteiger partial charge in [0.1, 0.15) is 17.6 Å². The number of amides is 2. The number of likely N-dealkylation sites (tertiary alicyclic amines) is 1. The maximum absolute atomic E-state index is 14.3. The molecule has 5 rings (SSSR count). The van der Waals surface area contributed by atoms with Crippen molar-refractivity contribution in [2.75, 3.05) is 13.1 Å². The van der Waals surface area contributed by atoms with Crippen LogP contribution in [-0.2, 0) is 7.05 Å². The van der Waals surface area contributed by atoms with E-state index in [4.69, 9.17) is 16.3 Å². The minimum Gasteiger partial charge on any atom is -0.483 e. The molecule has 0 unspecified atom stereocenters. The van der Waals surface area contributed by atoms with Gasteiger partial charge < -0.3 is 9.64 Å². The van der Waals surface area contributed by atoms with Crippen LogP contribution in [0.4, 0.5) is 13.6 Å². The Bertz CT molecular complexity index is 1230. The number of aromatic nitrogens is 4. The van der Waals surface area contributed by atoms with Crippen LogP contribution >= 0.6 is 11.6 Å². The van der Waals surface area contributed by atoms with Crippen molar-refractivity contribution in [2.24, 2.45) is 12.1 Å². The van der Waals surface area contributed by atoms with Gasteiger partial charge in [0, 0.05) is 31.9 Å². The number of urea groups is 1. The fourth-order valence-electron chi connectivity index (χ4n) is 3.82. The van der Waals surface area contributed by atoms with Crippen LogP contribution in [0.2, 0.25) is 5.02 Å². The van der Waals surface area contributed by atoms with Gasteiger partial charge in [0.2, 0.25) is 0 Å². The molecular weight excluding hydrogens is 456 g/mol. The van der Waals surface area contributed by atoms with Gasteiger partial charge in [0.15, 0.2) is 11.6 Å². The lowest BCUT2D eigenvalue weighted by Gasteiger charge is -2.41. The number of aryl methyl sites for hydroxylation is 1. The molecule has 0 radical (unpaired) electrons. The zero-order valence-corrected chi connectivity index (χ0v) is 18.2. The van der Waals surface area contributed by atoms with Crippen LogP contribution in [-0.4, -0.2) is 61.1 Å². The van der Waals surface area contributed by atoms with Crippen molar-refractivity contribution in [3.8, 4) is 17.1 Å². The van der Waals surface area contributed by atoms with E-state index < -0.39 is 23.8 Å². The third kappa shape index (κ3) is 3.99. The number of rotatable bonds is 4. The molecule has 9 nitrogen and oxygen atoms in total. The molecule has 0 spiro atoms. The number of carbonyl (C=O) groups excluding carboxylic acids is 1. The van der Waals surface area contributed by atoms with E-state index in [2.05, 4.69) is 20.2 Å². The highest BCUT2D eigenvalue weighted by atomic mass is 35.5. The Morgan fingerprint density at radius 3 is 2.73 bits per heavy atom. The van der Waals surface area contributed by atoms with E-state index in [0.717, 1.165) is 12.4 Å². The quantitative estimate of drug-likeness (QED) is 0.579. The molecule has 33 heavy (non-hydrogen) atoms. The van der Waals surface area contributed by atoms with Crippen LogP contribution in [0.15, 0.2) is 42.0 Å². The molecule has 0 aromatic carbocycles. The van der Waals surface area contributed by atoms with Crippen LogP contribution in [0.3, 0.4) is 0 Å². The summed E-state index contributed by atoms with van der Waals surface area (Å²) in [7, 11) is 1.70. The fourth-order valence-corrected chi connectivity index (χ4v) is 4.08. The molecule has 3 aromatic rings. The molecule has 1 saturated heterocycles. The average Bonchev–Trinajstić information content (AvgIpc) is 3.38. The summed E-state index contributed by atoms with van der Waals surface area (Å²) >= 11 is 6.15. The normalized spacial score (nSPS) is 18.0. The van der Waals surface area contributed by atoms with Gasteiger partial charge >= 0.3 is 6.03 Å². The minimum atomic E-state index is -0.621. The number of pyridine rings is 2. The predicted octanol–water partition coefficient (Wildman–Crippen LogP) is 3.42. The van der Waals surface area contributed by atoms with Gasteiger partial charge in [-0.2, -0.15) is 10.2 Å². The van der Waals surface area contributed by atoms with Gasteiger partial charge in [0.05, 0.1) is 48.4 Å². The van der Waals surface area contributed by atoms with Crippen LogP contribution in [0.25, 0.3) is 11.4 Å². The third-order valence-corrected chi connectivity index (χ3v) is 5.78. The second-order valence-electron chi connectivity index (χ2n) is 7.72. The fraction of sp³-hybridized carbons (Fsp3) is 0.286. The summed E-state index contributed by atoms with van der Waals surface area (Å²) in [6, 6.07) is 2.04. The maximum Gasteiger partial charge on any atom is 0.341 e. The molecule has 0 N–H and O–H groups in total. The van der Waals surface area contributed by atoms with Gasteiger partial charge in [0.25, 0.3) is 0 Å². The van der Waals surface area contributed by atoms with Crippen molar-refractivity contribution >= 4 is 23.8 Å². The van der Waals surface area contributed by atoms with Crippen molar-refractivity contribution < 1.29 is 18.3 Å². The lowest BCUT2D eigenvalue weighted by molar-refractivity contribution is 0.0256. The predicted molar refractivity (Wildman–Crippen MR) is 115 cm³/mol. The molecule has 2 aliphatic heterocycles. The van der Waals surface area contributed by atoms with Crippen LogP contribution in [0, 0.1) is 11.6 Å². The molecule has 3 aromatic heterocycles. The highest BCUT2D eigenvalue weighted by Gasteiger charge is 2.39. The zero-order chi connectivity index (χ0) is 23.1. The topological polar surface area (TPSA) is 88.7 Å². The molecular formula is C21H18ClF2N7O2. The monoisotopic (exact) mass is 473 g/mol. The number of hydrogen-bond acceptors (Lipinski definition) is 6. The largest absolute Gasteiger partial charge is 0.483 e. The number of halogens is 3. The lowest BCUT2D eigenvalue weighted by atomic mass is 10.1. The van der Waals surface area contributed by atoms with E-state index in [0.29, 0.717) is 28.4 Å². The second-order valence-corrected chi connectivity index (χ2v) is 8.13. The summed E-state index contributed by atoms with van der Waals surface area (Å²) < 4.78 is 35.2. The minimum absolute atomic E-state index is 0.0114. The van der Waals surface area contributed by atoms with Crippen molar-refractivity contribution in [3.05, 3.63) is 59.1 Å². The van der Waals surface area contributed by atoms with Crippen molar-refractivity contribution in [2.45, 2.75) is 18.6 Å². The molecule has 2 amide bonds. The Balaban J connectivity index is 1.24. The van der Waals surface area contributed by atoms with Gasteiger partial charge in [-0.15, -0.1) is 0 Å². The number of ether oxygens (including phenoxy) is 1. The SMILES string of the molecule is Cn1ncc(Cl)c1-c1cc(OC2CN(C(=O)N3N=CC[C@H]3c3cncc(F)c3)C2)c(F)cn1. The Kier molecular flexibility index (Phi) is 5.41. The number of hydrazone groups is 1. The highest BCUT2D eigenvalue weighted by Crippen LogP contribution is 2.32. The van der Waals surface area contributed by atoms with Crippen LogP contribution in [0.5, 0.6) is 5.75 Å². The standard InChI is InChI=1S/C21H18ClF2N7O2/c1-29-20(15(22)8-28-29)17-5-19(16(24)9-26-17)33-14-10-30(11-14)21(32)31-18(2-3-27-31)12-4-13(23)7-25-6-12/h3-9,14,18H,2,10-11H2,1H3/t18-/m0/s1. The van der Waals surface area contributed by atoms with Gasteiger partial charge in [-0.25, -0.2) is 18.6 Å². The Morgan fingerprint density at radius 2 is 2.00 bits per heavy atom. The Morgan fingerprint density at radius 1 is 1.18 bits per heavy atom. The summed E-state index contributed by atoms with van der Waals surface area (Å²) in [6.07, 6.45) is 6.84. The zero-order valence-electron chi connectivity index (χ0n) is 17.4. The smallest absolute Gasteiger partial charge is 0.341 e. The first-order chi connectivity index (χ1) is 15.9. The van der Waals surface area contributed by atoms with E-state index in [1.807, 2.05) is 0 Å². The molecule has 1 fully saturated rings. The van der Waals surface area contributed by atoms with Crippen molar-refractivity contribution in [1.82, 2.24) is 29.7 Å². The molecule has 0 bridgehead atoms. The highest BCUT2D eigenvalue weighted by molar-refractivity contribution is 6.32.